The van der Waals surface area contributed by atoms with E-state index in [2.05, 4.69) is 29.4 Å². The fraction of sp³-hybridized carbons (Fsp3) is 0.800. The highest BCUT2D eigenvalue weighted by atomic mass is 15.2. The second kappa shape index (κ2) is 5.75. The zero-order valence-electron chi connectivity index (χ0n) is 9.32. The van der Waals surface area contributed by atoms with E-state index in [0.717, 1.165) is 31.3 Å². The smallest absolute Gasteiger partial charge is 0.133 e. The molecule has 0 bridgehead atoms. The summed E-state index contributed by atoms with van der Waals surface area (Å²) in [5.41, 5.74) is 0. The minimum Gasteiger partial charge on any atom is -0.321 e. The molecule has 1 heterocycles. The number of hydrogen-bond donors (Lipinski definition) is 1. The third-order valence-electron chi connectivity index (χ3n) is 2.52. The number of hydrogen-bond acceptors (Lipinski definition) is 3. The predicted octanol–water partition coefficient (Wildman–Crippen LogP) is 0.993. The van der Waals surface area contributed by atoms with E-state index in [1.165, 1.54) is 6.42 Å². The molecule has 1 aromatic rings. The van der Waals surface area contributed by atoms with E-state index in [1.54, 1.807) is 6.33 Å². The number of nitrogens with one attached hydrogen (secondary N) is 1. The topological polar surface area (TPSA) is 42.7 Å². The van der Waals surface area contributed by atoms with Crippen LogP contribution in [0, 0.1) is 5.92 Å². The Morgan fingerprint density at radius 1 is 1.57 bits per heavy atom. The Morgan fingerprint density at radius 2 is 2.36 bits per heavy atom. The summed E-state index contributed by atoms with van der Waals surface area (Å²) < 4.78 is 1.96. The summed E-state index contributed by atoms with van der Waals surface area (Å²) in [6, 6.07) is 0. The van der Waals surface area contributed by atoms with Gasteiger partial charge < -0.3 is 9.88 Å². The van der Waals surface area contributed by atoms with Crippen LogP contribution in [0.4, 0.5) is 0 Å². The van der Waals surface area contributed by atoms with E-state index >= 15 is 0 Å². The predicted molar refractivity (Wildman–Crippen MR) is 57.0 cm³/mol. The summed E-state index contributed by atoms with van der Waals surface area (Å²) in [7, 11) is 1.98. The molecule has 1 atom stereocenters. The van der Waals surface area contributed by atoms with Crippen LogP contribution in [0.5, 0.6) is 0 Å². The molecule has 4 heteroatoms. The van der Waals surface area contributed by atoms with Crippen LogP contribution in [0.15, 0.2) is 6.33 Å². The van der Waals surface area contributed by atoms with Crippen LogP contribution in [-0.4, -0.2) is 27.9 Å². The van der Waals surface area contributed by atoms with Crippen LogP contribution in [-0.2, 0) is 13.5 Å². The van der Waals surface area contributed by atoms with Gasteiger partial charge in [-0.05, 0) is 12.5 Å². The maximum Gasteiger partial charge on any atom is 0.133 e. The van der Waals surface area contributed by atoms with Gasteiger partial charge in [0.15, 0.2) is 0 Å². The van der Waals surface area contributed by atoms with Gasteiger partial charge in [0.25, 0.3) is 0 Å². The second-order valence-corrected chi connectivity index (χ2v) is 3.83. The third kappa shape index (κ3) is 3.46. The molecule has 0 amide bonds. The highest BCUT2D eigenvalue weighted by Gasteiger charge is 2.01. The number of nitrogens with zero attached hydrogens (tertiary/aromatic N) is 3. The van der Waals surface area contributed by atoms with Crippen LogP contribution in [0.1, 0.15) is 26.1 Å². The van der Waals surface area contributed by atoms with Crippen molar-refractivity contribution in [3.8, 4) is 0 Å². The van der Waals surface area contributed by atoms with Crippen molar-refractivity contribution >= 4 is 0 Å². The molecule has 1 rings (SSSR count). The molecule has 1 aromatic heterocycles. The summed E-state index contributed by atoms with van der Waals surface area (Å²) in [5, 5.41) is 11.3. The normalized spacial score (nSPS) is 13.1. The largest absolute Gasteiger partial charge is 0.321 e. The highest BCUT2D eigenvalue weighted by Crippen LogP contribution is 1.97. The molecule has 0 aliphatic heterocycles. The van der Waals surface area contributed by atoms with Crippen LogP contribution in [0.2, 0.25) is 0 Å². The summed E-state index contributed by atoms with van der Waals surface area (Å²) in [6.07, 6.45) is 3.92. The SMILES string of the molecule is CCC(C)CNCCc1nncn1C. The van der Waals surface area contributed by atoms with Gasteiger partial charge in [-0.2, -0.15) is 0 Å². The molecule has 4 nitrogen and oxygen atoms in total. The molecule has 0 radical (unpaired) electrons. The van der Waals surface area contributed by atoms with Crippen molar-refractivity contribution in [3.63, 3.8) is 0 Å². The van der Waals surface area contributed by atoms with Gasteiger partial charge in [0.2, 0.25) is 0 Å². The van der Waals surface area contributed by atoms with Crippen molar-refractivity contribution in [2.24, 2.45) is 13.0 Å². The van der Waals surface area contributed by atoms with Crippen molar-refractivity contribution in [3.05, 3.63) is 12.2 Å². The van der Waals surface area contributed by atoms with Gasteiger partial charge in [-0.15, -0.1) is 10.2 Å². The molecule has 0 fully saturated rings. The number of aromatic nitrogens is 3. The zero-order chi connectivity index (χ0) is 10.4. The van der Waals surface area contributed by atoms with Gasteiger partial charge in [-0.1, -0.05) is 20.3 Å². The highest BCUT2D eigenvalue weighted by molar-refractivity contribution is 4.84. The molecule has 0 aliphatic rings. The number of aryl methyl sites for hydroxylation is 1. The zero-order valence-corrected chi connectivity index (χ0v) is 9.32. The summed E-state index contributed by atoms with van der Waals surface area (Å²) in [4.78, 5) is 0. The van der Waals surface area contributed by atoms with Gasteiger partial charge in [0.1, 0.15) is 12.2 Å². The Labute approximate surface area is 85.7 Å². The monoisotopic (exact) mass is 196 g/mol. The van der Waals surface area contributed by atoms with Crippen LogP contribution < -0.4 is 5.32 Å². The van der Waals surface area contributed by atoms with Gasteiger partial charge in [0.05, 0.1) is 0 Å². The van der Waals surface area contributed by atoms with E-state index in [1.807, 2.05) is 11.6 Å². The molecule has 0 aliphatic carbocycles. The van der Waals surface area contributed by atoms with Crippen molar-refractivity contribution in [1.82, 2.24) is 20.1 Å². The summed E-state index contributed by atoms with van der Waals surface area (Å²) in [6.45, 7) is 6.55. The average Bonchev–Trinajstić information content (AvgIpc) is 2.58. The number of rotatable bonds is 6. The first kappa shape index (κ1) is 11.2. The molecule has 0 saturated carbocycles. The van der Waals surface area contributed by atoms with Crippen LogP contribution in [0.3, 0.4) is 0 Å². The van der Waals surface area contributed by atoms with E-state index < -0.39 is 0 Å². The molecule has 1 unspecified atom stereocenters. The lowest BCUT2D eigenvalue weighted by Crippen LogP contribution is -2.23. The quantitative estimate of drug-likeness (QED) is 0.690. The lowest BCUT2D eigenvalue weighted by atomic mass is 10.1. The first-order chi connectivity index (χ1) is 6.74. The summed E-state index contributed by atoms with van der Waals surface area (Å²) in [5.74, 6) is 1.80. The summed E-state index contributed by atoms with van der Waals surface area (Å²) >= 11 is 0. The van der Waals surface area contributed by atoms with Gasteiger partial charge in [0, 0.05) is 20.0 Å². The maximum atomic E-state index is 4.03. The van der Waals surface area contributed by atoms with Gasteiger partial charge >= 0.3 is 0 Å². The third-order valence-corrected chi connectivity index (χ3v) is 2.52. The Balaban J connectivity index is 2.13. The van der Waals surface area contributed by atoms with Crippen LogP contribution >= 0.6 is 0 Å². The van der Waals surface area contributed by atoms with E-state index in [9.17, 15) is 0 Å². The molecular weight excluding hydrogens is 176 g/mol. The lowest BCUT2D eigenvalue weighted by Gasteiger charge is -2.09. The van der Waals surface area contributed by atoms with Gasteiger partial charge in [-0.3, -0.25) is 0 Å². The van der Waals surface area contributed by atoms with Crippen molar-refractivity contribution in [1.29, 1.82) is 0 Å². The van der Waals surface area contributed by atoms with E-state index in [4.69, 9.17) is 0 Å². The van der Waals surface area contributed by atoms with Crippen LogP contribution in [0.25, 0.3) is 0 Å². The fourth-order valence-corrected chi connectivity index (χ4v) is 1.23. The van der Waals surface area contributed by atoms with Crippen molar-refractivity contribution in [2.45, 2.75) is 26.7 Å². The van der Waals surface area contributed by atoms with E-state index in [0.29, 0.717) is 0 Å². The van der Waals surface area contributed by atoms with Crippen molar-refractivity contribution in [2.75, 3.05) is 13.1 Å². The van der Waals surface area contributed by atoms with Crippen molar-refractivity contribution < 1.29 is 0 Å². The Morgan fingerprint density at radius 3 is 2.93 bits per heavy atom. The minimum absolute atomic E-state index is 0.759. The molecule has 14 heavy (non-hydrogen) atoms. The molecule has 0 spiro atoms. The maximum absolute atomic E-state index is 4.03. The van der Waals surface area contributed by atoms with E-state index in [-0.39, 0.29) is 0 Å². The Bertz CT molecular complexity index is 256. The lowest BCUT2D eigenvalue weighted by molar-refractivity contribution is 0.498. The van der Waals surface area contributed by atoms with Gasteiger partial charge in [-0.25, -0.2) is 0 Å². The molecule has 0 saturated heterocycles. The Hall–Kier alpha value is -0.900. The standard InChI is InChI=1S/C10H20N4/c1-4-9(2)7-11-6-5-10-13-12-8-14(10)3/h8-9,11H,4-7H2,1-3H3. The molecular formula is C10H20N4. The molecule has 80 valence electrons. The first-order valence-corrected chi connectivity index (χ1v) is 5.27. The second-order valence-electron chi connectivity index (χ2n) is 3.83. The molecule has 0 aromatic carbocycles. The molecule has 1 N–H and O–H groups in total. The first-order valence-electron chi connectivity index (χ1n) is 5.27. The minimum atomic E-state index is 0.759. The average molecular weight is 196 g/mol. The Kier molecular flexibility index (Phi) is 4.59. The fourth-order valence-electron chi connectivity index (χ4n) is 1.23.